The van der Waals surface area contributed by atoms with E-state index in [2.05, 4.69) is 27.7 Å². The SMILES string of the molecule is CC(C)CC(=O)OCC1(COCc2ccccc2)OC(=O)/C(=C\CC(CC(C)C)CC(C)C)O1. The van der Waals surface area contributed by atoms with Crippen LogP contribution in [0.4, 0.5) is 0 Å². The molecule has 1 aliphatic rings. The summed E-state index contributed by atoms with van der Waals surface area (Å²) >= 11 is 0. The Bertz CT molecular complexity index is 788. The van der Waals surface area contributed by atoms with Gasteiger partial charge in [-0.2, -0.15) is 0 Å². The summed E-state index contributed by atoms with van der Waals surface area (Å²) in [6, 6.07) is 9.70. The van der Waals surface area contributed by atoms with Crippen molar-refractivity contribution in [2.75, 3.05) is 13.2 Å². The van der Waals surface area contributed by atoms with E-state index in [9.17, 15) is 9.59 Å². The van der Waals surface area contributed by atoms with Crippen LogP contribution in [0.25, 0.3) is 0 Å². The maximum absolute atomic E-state index is 12.7. The summed E-state index contributed by atoms with van der Waals surface area (Å²) in [5, 5.41) is 0. The first-order valence-electron chi connectivity index (χ1n) is 12.5. The molecule has 0 bridgehead atoms. The minimum absolute atomic E-state index is 0.0403. The number of carbonyl (C=O) groups is 2. The van der Waals surface area contributed by atoms with E-state index < -0.39 is 11.8 Å². The van der Waals surface area contributed by atoms with E-state index in [1.165, 1.54) is 0 Å². The molecule has 6 nitrogen and oxygen atoms in total. The van der Waals surface area contributed by atoms with E-state index in [-0.39, 0.29) is 37.3 Å². The summed E-state index contributed by atoms with van der Waals surface area (Å²) in [5.41, 5.74) is 0.986. The first-order valence-corrected chi connectivity index (χ1v) is 12.5. The third kappa shape index (κ3) is 9.88. The topological polar surface area (TPSA) is 71.1 Å². The van der Waals surface area contributed by atoms with Gasteiger partial charge in [-0.1, -0.05) is 71.9 Å². The van der Waals surface area contributed by atoms with E-state index in [1.807, 2.05) is 50.3 Å². The molecule has 2 rings (SSSR count). The Labute approximate surface area is 205 Å². The molecule has 0 spiro atoms. The van der Waals surface area contributed by atoms with Gasteiger partial charge in [-0.05, 0) is 54.6 Å². The Morgan fingerprint density at radius 3 is 2.18 bits per heavy atom. The summed E-state index contributed by atoms with van der Waals surface area (Å²) in [7, 11) is 0. The predicted octanol–water partition coefficient (Wildman–Crippen LogP) is 6.04. The molecule has 1 aromatic carbocycles. The number of rotatable bonds is 14. The van der Waals surface area contributed by atoms with Crippen LogP contribution in [0.15, 0.2) is 42.2 Å². The number of ether oxygens (including phenoxy) is 4. The van der Waals surface area contributed by atoms with Crippen LogP contribution in [0.2, 0.25) is 0 Å². The van der Waals surface area contributed by atoms with Gasteiger partial charge in [0.15, 0.2) is 6.61 Å². The van der Waals surface area contributed by atoms with Gasteiger partial charge in [-0.3, -0.25) is 4.79 Å². The Hall–Kier alpha value is -2.34. The molecule has 0 saturated carbocycles. The summed E-state index contributed by atoms with van der Waals surface area (Å²) in [5.74, 6) is -0.444. The van der Waals surface area contributed by atoms with Crippen molar-refractivity contribution < 1.29 is 28.5 Å². The van der Waals surface area contributed by atoms with Crippen molar-refractivity contribution in [3.8, 4) is 0 Å². The summed E-state index contributed by atoms with van der Waals surface area (Å²) < 4.78 is 22.9. The standard InChI is InChI=1S/C28H42O6/c1-20(2)14-24(15-21(3)4)12-13-25-27(30)34-28(33-25,19-32-26(29)16-22(5)6)18-31-17-23-10-8-7-9-11-23/h7-11,13,20-22,24H,12,14-19H2,1-6H3/b25-13+. The molecule has 0 radical (unpaired) electrons. The molecule has 1 heterocycles. The van der Waals surface area contributed by atoms with E-state index in [4.69, 9.17) is 18.9 Å². The van der Waals surface area contributed by atoms with Crippen LogP contribution < -0.4 is 0 Å². The van der Waals surface area contributed by atoms with Gasteiger partial charge in [0, 0.05) is 6.42 Å². The average molecular weight is 475 g/mol. The highest BCUT2D eigenvalue weighted by Crippen LogP contribution is 2.31. The highest BCUT2D eigenvalue weighted by atomic mass is 16.8. The maximum Gasteiger partial charge on any atom is 0.376 e. The second-order valence-corrected chi connectivity index (χ2v) is 10.6. The molecule has 34 heavy (non-hydrogen) atoms. The molecule has 1 aliphatic heterocycles. The Balaban J connectivity index is 2.09. The van der Waals surface area contributed by atoms with Gasteiger partial charge in [0.2, 0.25) is 5.76 Å². The Kier molecular flexibility index (Phi) is 11.1. The number of esters is 2. The van der Waals surface area contributed by atoms with Crippen molar-refractivity contribution in [3.63, 3.8) is 0 Å². The van der Waals surface area contributed by atoms with E-state index in [0.717, 1.165) is 24.8 Å². The van der Waals surface area contributed by atoms with Crippen LogP contribution in [0.5, 0.6) is 0 Å². The molecule has 0 aromatic heterocycles. The molecule has 1 atom stereocenters. The van der Waals surface area contributed by atoms with E-state index in [1.54, 1.807) is 0 Å². The highest BCUT2D eigenvalue weighted by Gasteiger charge is 2.47. The zero-order valence-corrected chi connectivity index (χ0v) is 21.7. The Morgan fingerprint density at radius 2 is 1.59 bits per heavy atom. The van der Waals surface area contributed by atoms with Gasteiger partial charge in [-0.25, -0.2) is 4.79 Å². The number of allylic oxidation sites excluding steroid dienone is 1. The fourth-order valence-corrected chi connectivity index (χ4v) is 4.14. The van der Waals surface area contributed by atoms with Crippen molar-refractivity contribution in [2.24, 2.45) is 23.7 Å². The summed E-state index contributed by atoms with van der Waals surface area (Å²) in [6.45, 7) is 12.8. The number of benzene rings is 1. The quantitative estimate of drug-likeness (QED) is 0.242. The lowest BCUT2D eigenvalue weighted by molar-refractivity contribution is -0.219. The first-order chi connectivity index (χ1) is 16.1. The largest absolute Gasteiger partial charge is 0.457 e. The first kappa shape index (κ1) is 27.9. The second kappa shape index (κ2) is 13.5. The minimum Gasteiger partial charge on any atom is -0.457 e. The average Bonchev–Trinajstić information content (AvgIpc) is 3.06. The molecular weight excluding hydrogens is 432 g/mol. The second-order valence-electron chi connectivity index (χ2n) is 10.6. The van der Waals surface area contributed by atoms with Crippen molar-refractivity contribution in [1.82, 2.24) is 0 Å². The molecule has 1 aromatic rings. The molecule has 0 N–H and O–H groups in total. The molecule has 6 heteroatoms. The van der Waals surface area contributed by atoms with Gasteiger partial charge in [0.05, 0.1) is 6.61 Å². The zero-order chi connectivity index (χ0) is 25.1. The molecule has 1 saturated heterocycles. The van der Waals surface area contributed by atoms with E-state index in [0.29, 0.717) is 24.4 Å². The molecular formula is C28H42O6. The van der Waals surface area contributed by atoms with Crippen molar-refractivity contribution in [3.05, 3.63) is 47.7 Å². The third-order valence-corrected chi connectivity index (χ3v) is 5.48. The van der Waals surface area contributed by atoms with Crippen molar-refractivity contribution in [2.45, 2.75) is 79.6 Å². The number of hydrogen-bond acceptors (Lipinski definition) is 6. The number of carbonyl (C=O) groups excluding carboxylic acids is 2. The van der Waals surface area contributed by atoms with Crippen LogP contribution in [0.3, 0.4) is 0 Å². The fourth-order valence-electron chi connectivity index (χ4n) is 4.14. The summed E-state index contributed by atoms with van der Waals surface area (Å²) in [6.07, 6.45) is 5.00. The van der Waals surface area contributed by atoms with Gasteiger partial charge in [-0.15, -0.1) is 0 Å². The predicted molar refractivity (Wildman–Crippen MR) is 132 cm³/mol. The van der Waals surface area contributed by atoms with Crippen LogP contribution in [0, 0.1) is 23.7 Å². The van der Waals surface area contributed by atoms with Crippen LogP contribution in [0.1, 0.15) is 72.8 Å². The monoisotopic (exact) mass is 474 g/mol. The number of hydrogen-bond donors (Lipinski definition) is 0. The van der Waals surface area contributed by atoms with E-state index >= 15 is 0 Å². The van der Waals surface area contributed by atoms with Crippen molar-refractivity contribution in [1.29, 1.82) is 0 Å². The van der Waals surface area contributed by atoms with Gasteiger partial charge in [0.25, 0.3) is 0 Å². The molecule has 1 fully saturated rings. The fraction of sp³-hybridized carbons (Fsp3) is 0.643. The van der Waals surface area contributed by atoms with Crippen molar-refractivity contribution >= 4 is 11.9 Å². The Morgan fingerprint density at radius 1 is 0.941 bits per heavy atom. The van der Waals surface area contributed by atoms with Gasteiger partial charge in [0.1, 0.15) is 6.61 Å². The molecule has 0 aliphatic carbocycles. The lowest BCUT2D eigenvalue weighted by atomic mass is 9.87. The zero-order valence-electron chi connectivity index (χ0n) is 21.7. The lowest BCUT2D eigenvalue weighted by Gasteiger charge is -2.26. The third-order valence-electron chi connectivity index (χ3n) is 5.48. The summed E-state index contributed by atoms with van der Waals surface area (Å²) in [4.78, 5) is 24.8. The van der Waals surface area contributed by atoms with Crippen LogP contribution >= 0.6 is 0 Å². The molecule has 1 unspecified atom stereocenters. The molecule has 190 valence electrons. The molecule has 0 amide bonds. The van der Waals surface area contributed by atoms with Crippen LogP contribution in [-0.4, -0.2) is 30.9 Å². The van der Waals surface area contributed by atoms with Crippen LogP contribution in [-0.2, 0) is 35.1 Å². The normalized spacial score (nSPS) is 19.4. The number of cyclic esters (lactones) is 1. The maximum atomic E-state index is 12.7. The van der Waals surface area contributed by atoms with Gasteiger partial charge < -0.3 is 18.9 Å². The van der Waals surface area contributed by atoms with Gasteiger partial charge >= 0.3 is 17.7 Å². The minimum atomic E-state index is -1.48. The smallest absolute Gasteiger partial charge is 0.376 e. The highest BCUT2D eigenvalue weighted by molar-refractivity contribution is 5.88. The lowest BCUT2D eigenvalue weighted by Crippen LogP contribution is -2.42.